The van der Waals surface area contributed by atoms with Crippen molar-refractivity contribution in [3.05, 3.63) is 11.6 Å². The molecule has 0 amide bonds. The van der Waals surface area contributed by atoms with Gasteiger partial charge in [-0.2, -0.15) is 0 Å². The number of hydrogen-bond acceptors (Lipinski definition) is 8. The Labute approximate surface area is 207 Å². The fourth-order valence-electron chi connectivity index (χ4n) is 8.31. The molecule has 0 spiro atoms. The van der Waals surface area contributed by atoms with Gasteiger partial charge in [0.25, 0.3) is 0 Å². The number of carbonyl (C=O) groups excluding carboxylic acids is 1. The van der Waals surface area contributed by atoms with Crippen LogP contribution in [0.25, 0.3) is 0 Å². The summed E-state index contributed by atoms with van der Waals surface area (Å²) in [4.78, 5) is 13.3. The maximum Gasteiger partial charge on any atom is 0.187 e. The third kappa shape index (κ3) is 3.70. The van der Waals surface area contributed by atoms with Crippen LogP contribution in [-0.2, 0) is 4.79 Å². The molecule has 3 fully saturated rings. The SMILES string of the molecule is CC(C)(O)CC[C@@H](O)[C@](C)(O)[C@@H]1CC[C@@]2(O)C3=CC(=O)[C@]4(O)C[C@H](O)[C@H](O)C[C@]4(C)[C@H]3CC[C@]12C. The molecule has 0 saturated heterocycles. The third-order valence-electron chi connectivity index (χ3n) is 10.7. The van der Waals surface area contributed by atoms with Crippen LogP contribution in [0.15, 0.2) is 11.6 Å². The summed E-state index contributed by atoms with van der Waals surface area (Å²) in [6.45, 7) is 8.58. The van der Waals surface area contributed by atoms with E-state index >= 15 is 0 Å². The largest absolute Gasteiger partial charge is 0.390 e. The summed E-state index contributed by atoms with van der Waals surface area (Å²) in [5, 5.41) is 77.0. The lowest BCUT2D eigenvalue weighted by atomic mass is 9.44. The van der Waals surface area contributed by atoms with Gasteiger partial charge in [0.15, 0.2) is 5.78 Å². The molecular weight excluding hydrogens is 452 g/mol. The fraction of sp³-hybridized carbons (Fsp3) is 0.889. The first-order valence-corrected chi connectivity index (χ1v) is 13.0. The molecule has 7 N–H and O–H groups in total. The zero-order valence-corrected chi connectivity index (χ0v) is 21.7. The Kier molecular flexibility index (Phi) is 6.26. The van der Waals surface area contributed by atoms with Gasteiger partial charge in [0.2, 0.25) is 0 Å². The number of ketones is 1. The number of rotatable bonds is 5. The lowest BCUT2D eigenvalue weighted by Crippen LogP contribution is -2.69. The van der Waals surface area contributed by atoms with Crippen LogP contribution in [0.3, 0.4) is 0 Å². The molecule has 0 radical (unpaired) electrons. The van der Waals surface area contributed by atoms with E-state index in [4.69, 9.17) is 0 Å². The number of hydrogen-bond donors (Lipinski definition) is 7. The highest BCUT2D eigenvalue weighted by Crippen LogP contribution is 2.69. The molecular formula is C27H44O8. The predicted octanol–water partition coefficient (Wildman–Crippen LogP) is 0.969. The minimum atomic E-state index is -1.82. The molecule has 0 bridgehead atoms. The summed E-state index contributed by atoms with van der Waals surface area (Å²) in [5.74, 6) is -1.38. The van der Waals surface area contributed by atoms with Crippen molar-refractivity contribution in [1.29, 1.82) is 0 Å². The minimum Gasteiger partial charge on any atom is -0.390 e. The van der Waals surface area contributed by atoms with Crippen LogP contribution in [-0.4, -0.2) is 82.2 Å². The van der Waals surface area contributed by atoms with Crippen LogP contribution in [0.5, 0.6) is 0 Å². The summed E-state index contributed by atoms with van der Waals surface area (Å²) < 4.78 is 0. The second kappa shape index (κ2) is 8.06. The van der Waals surface area contributed by atoms with Gasteiger partial charge in [-0.05, 0) is 89.2 Å². The first kappa shape index (κ1) is 27.2. The van der Waals surface area contributed by atoms with Gasteiger partial charge in [-0.1, -0.05) is 13.8 Å². The number of aliphatic hydroxyl groups excluding tert-OH is 3. The summed E-state index contributed by atoms with van der Waals surface area (Å²) in [5.41, 5.74) is -7.07. The molecule has 200 valence electrons. The molecule has 4 aliphatic rings. The Hall–Kier alpha value is -0.870. The monoisotopic (exact) mass is 496 g/mol. The maximum atomic E-state index is 13.3. The molecule has 0 aromatic carbocycles. The van der Waals surface area contributed by atoms with Crippen LogP contribution < -0.4 is 0 Å². The smallest absolute Gasteiger partial charge is 0.187 e. The lowest BCUT2D eigenvalue weighted by molar-refractivity contribution is -0.211. The Morgan fingerprint density at radius 3 is 2.17 bits per heavy atom. The highest BCUT2D eigenvalue weighted by atomic mass is 16.3. The van der Waals surface area contributed by atoms with Crippen molar-refractivity contribution < 1.29 is 40.5 Å². The van der Waals surface area contributed by atoms with Crippen molar-refractivity contribution in [3.8, 4) is 0 Å². The van der Waals surface area contributed by atoms with E-state index in [0.29, 0.717) is 37.7 Å². The van der Waals surface area contributed by atoms with Crippen LogP contribution >= 0.6 is 0 Å². The van der Waals surface area contributed by atoms with Gasteiger partial charge in [-0.25, -0.2) is 0 Å². The van der Waals surface area contributed by atoms with Crippen molar-refractivity contribution in [2.45, 2.75) is 127 Å². The second-order valence-corrected chi connectivity index (χ2v) is 13.3. The van der Waals surface area contributed by atoms with E-state index in [-0.39, 0.29) is 25.2 Å². The van der Waals surface area contributed by atoms with Crippen molar-refractivity contribution >= 4 is 5.78 Å². The van der Waals surface area contributed by atoms with Crippen molar-refractivity contribution in [1.82, 2.24) is 0 Å². The van der Waals surface area contributed by atoms with E-state index in [1.807, 2.05) is 6.92 Å². The molecule has 0 aliphatic heterocycles. The van der Waals surface area contributed by atoms with E-state index in [2.05, 4.69) is 0 Å². The molecule has 0 heterocycles. The zero-order valence-electron chi connectivity index (χ0n) is 21.7. The molecule has 4 rings (SSSR count). The van der Waals surface area contributed by atoms with Gasteiger partial charge in [-0.15, -0.1) is 0 Å². The van der Waals surface area contributed by atoms with E-state index < -0.39 is 63.2 Å². The Bertz CT molecular complexity index is 907. The summed E-state index contributed by atoms with van der Waals surface area (Å²) in [6, 6.07) is 0. The Morgan fingerprint density at radius 2 is 1.57 bits per heavy atom. The van der Waals surface area contributed by atoms with Gasteiger partial charge in [0, 0.05) is 17.3 Å². The van der Waals surface area contributed by atoms with Crippen LogP contribution in [0.2, 0.25) is 0 Å². The highest BCUT2D eigenvalue weighted by molar-refractivity contribution is 6.00. The van der Waals surface area contributed by atoms with E-state index in [1.165, 1.54) is 6.08 Å². The maximum absolute atomic E-state index is 13.3. The minimum absolute atomic E-state index is 0.0437. The average Bonchev–Trinajstić information content (AvgIpc) is 3.01. The first-order chi connectivity index (χ1) is 15.8. The first-order valence-electron chi connectivity index (χ1n) is 13.0. The van der Waals surface area contributed by atoms with Gasteiger partial charge >= 0.3 is 0 Å². The highest BCUT2D eigenvalue weighted by Gasteiger charge is 2.71. The van der Waals surface area contributed by atoms with Crippen LogP contribution in [0.1, 0.15) is 86.0 Å². The van der Waals surface area contributed by atoms with Gasteiger partial charge in [0.05, 0.1) is 35.1 Å². The molecule has 10 atom stereocenters. The Morgan fingerprint density at radius 1 is 0.971 bits per heavy atom. The molecule has 0 unspecified atom stereocenters. The van der Waals surface area contributed by atoms with Gasteiger partial charge in [-0.3, -0.25) is 4.79 Å². The molecule has 8 heteroatoms. The molecule has 8 nitrogen and oxygen atoms in total. The van der Waals surface area contributed by atoms with Crippen LogP contribution in [0, 0.1) is 22.7 Å². The molecule has 0 aromatic heterocycles. The standard InChI is InChI=1S/C27H44O8/c1-22(2,32)9-8-20(30)25(5,33)19-7-11-26(34)16-12-21(31)27(35)14-18(29)17(28)13-24(27,4)15(16)6-10-23(19,26)3/h12,15,17-20,28-30,32-35H,6-11,13-14H2,1-5H3/t15-,17+,18-,19+,20+,23+,24+,25+,26+,27+/m0/s1. The second-order valence-electron chi connectivity index (χ2n) is 13.3. The lowest BCUT2D eigenvalue weighted by Gasteiger charge is -2.62. The number of carbonyl (C=O) groups is 1. The number of aliphatic hydroxyl groups is 7. The zero-order chi connectivity index (χ0) is 26.4. The van der Waals surface area contributed by atoms with Crippen molar-refractivity contribution in [3.63, 3.8) is 0 Å². The quantitative estimate of drug-likeness (QED) is 0.297. The van der Waals surface area contributed by atoms with E-state index in [0.717, 1.165) is 0 Å². The molecule has 0 aromatic rings. The topological polar surface area (TPSA) is 159 Å². The number of fused-ring (bicyclic) bond motifs is 5. The van der Waals surface area contributed by atoms with Gasteiger partial charge in [0.1, 0.15) is 5.60 Å². The summed E-state index contributed by atoms with van der Waals surface area (Å²) in [7, 11) is 0. The third-order valence-corrected chi connectivity index (χ3v) is 10.7. The van der Waals surface area contributed by atoms with Gasteiger partial charge < -0.3 is 35.7 Å². The summed E-state index contributed by atoms with van der Waals surface area (Å²) >= 11 is 0. The molecule has 4 aliphatic carbocycles. The predicted molar refractivity (Wildman–Crippen MR) is 128 cm³/mol. The Balaban J connectivity index is 1.70. The van der Waals surface area contributed by atoms with E-state index in [9.17, 15) is 40.5 Å². The normalized spacial score (nSPS) is 48.3. The van der Waals surface area contributed by atoms with E-state index in [1.54, 1.807) is 27.7 Å². The fourth-order valence-corrected chi connectivity index (χ4v) is 8.31. The van der Waals surface area contributed by atoms with Crippen molar-refractivity contribution in [2.24, 2.45) is 22.7 Å². The summed E-state index contributed by atoms with van der Waals surface area (Å²) in [6.07, 6.45) is 0.0884. The van der Waals surface area contributed by atoms with Crippen LogP contribution in [0.4, 0.5) is 0 Å². The molecule has 3 saturated carbocycles. The average molecular weight is 497 g/mol. The van der Waals surface area contributed by atoms with Crippen molar-refractivity contribution in [2.75, 3.05) is 0 Å². The molecule has 35 heavy (non-hydrogen) atoms.